The Labute approximate surface area is 184 Å². The van der Waals surface area contributed by atoms with Gasteiger partial charge in [0.15, 0.2) is 5.01 Å². The maximum Gasteiger partial charge on any atom is 0.280 e. The molecule has 4 rings (SSSR count). The second kappa shape index (κ2) is 8.12. The first kappa shape index (κ1) is 19.8. The van der Waals surface area contributed by atoms with E-state index in [2.05, 4.69) is 20.3 Å². The molecule has 29 heavy (non-hydrogen) atoms. The van der Waals surface area contributed by atoms with E-state index in [0.717, 1.165) is 5.56 Å². The second-order valence-electron chi connectivity index (χ2n) is 6.04. The van der Waals surface area contributed by atoms with Gasteiger partial charge in [0.2, 0.25) is 5.13 Å². The zero-order valence-electron chi connectivity index (χ0n) is 14.9. The Bertz CT molecular complexity index is 1270. The van der Waals surface area contributed by atoms with E-state index < -0.39 is 0 Å². The summed E-state index contributed by atoms with van der Waals surface area (Å²) in [5, 5.41) is 13.8. The molecule has 0 amide bonds. The lowest BCUT2D eigenvalue weighted by Crippen LogP contribution is -2.17. The topological polar surface area (TPSA) is 75.9 Å². The second-order valence-corrected chi connectivity index (χ2v) is 8.28. The van der Waals surface area contributed by atoms with Crippen molar-refractivity contribution in [2.45, 2.75) is 6.92 Å². The van der Waals surface area contributed by atoms with Crippen molar-refractivity contribution in [2.24, 2.45) is 4.99 Å². The maximum atomic E-state index is 12.7. The van der Waals surface area contributed by atoms with Crippen LogP contribution in [0.4, 0.5) is 5.13 Å². The molecule has 146 valence electrons. The number of hydrogen-bond donors (Lipinski definition) is 1. The molecule has 0 bridgehead atoms. The number of H-pyrrole nitrogens is 1. The molecular formula is C19H12Cl3N5OS. The summed E-state index contributed by atoms with van der Waals surface area (Å²) in [7, 11) is 0. The van der Waals surface area contributed by atoms with E-state index in [1.165, 1.54) is 22.2 Å². The number of hydrogen-bond acceptors (Lipinski definition) is 5. The molecule has 0 aliphatic carbocycles. The number of benzene rings is 2. The molecule has 4 aromatic rings. The first-order chi connectivity index (χ1) is 13.9. The van der Waals surface area contributed by atoms with Crippen LogP contribution in [0.5, 0.6) is 0 Å². The van der Waals surface area contributed by atoms with Crippen LogP contribution in [0.3, 0.4) is 0 Å². The van der Waals surface area contributed by atoms with Crippen LogP contribution in [-0.2, 0) is 0 Å². The average molecular weight is 465 g/mol. The van der Waals surface area contributed by atoms with Crippen LogP contribution in [0.2, 0.25) is 15.1 Å². The quantitative estimate of drug-likeness (QED) is 0.393. The number of nitrogens with one attached hydrogen (secondary N) is 1. The van der Waals surface area contributed by atoms with E-state index >= 15 is 0 Å². The highest BCUT2D eigenvalue weighted by molar-refractivity contribution is 7.18. The molecular weight excluding hydrogens is 453 g/mol. The van der Waals surface area contributed by atoms with Crippen molar-refractivity contribution in [3.63, 3.8) is 0 Å². The van der Waals surface area contributed by atoms with Crippen LogP contribution in [-0.4, -0.2) is 26.2 Å². The predicted molar refractivity (Wildman–Crippen MR) is 119 cm³/mol. The summed E-state index contributed by atoms with van der Waals surface area (Å²) < 4.78 is 1.44. The van der Waals surface area contributed by atoms with Gasteiger partial charge >= 0.3 is 0 Å². The van der Waals surface area contributed by atoms with E-state index in [1.807, 2.05) is 0 Å². The lowest BCUT2D eigenvalue weighted by atomic mass is 10.2. The van der Waals surface area contributed by atoms with E-state index in [1.54, 1.807) is 49.4 Å². The monoisotopic (exact) mass is 463 g/mol. The Morgan fingerprint density at radius 1 is 1.07 bits per heavy atom. The van der Waals surface area contributed by atoms with Crippen LogP contribution in [0.25, 0.3) is 16.3 Å². The summed E-state index contributed by atoms with van der Waals surface area (Å²) in [5.41, 5.74) is 2.29. The molecule has 0 saturated carbocycles. The van der Waals surface area contributed by atoms with E-state index in [0.29, 0.717) is 42.2 Å². The number of nitrogens with zero attached hydrogens (tertiary/aromatic N) is 4. The Kier molecular flexibility index (Phi) is 5.56. The molecule has 0 saturated heterocycles. The third-order valence-electron chi connectivity index (χ3n) is 4.08. The molecule has 2 aromatic heterocycles. The molecule has 10 heteroatoms. The van der Waals surface area contributed by atoms with Gasteiger partial charge < -0.3 is 0 Å². The third kappa shape index (κ3) is 4.13. The maximum absolute atomic E-state index is 12.7. The molecule has 2 aromatic carbocycles. The van der Waals surface area contributed by atoms with Crippen LogP contribution >= 0.6 is 46.1 Å². The average Bonchev–Trinajstić information content (AvgIpc) is 3.26. The van der Waals surface area contributed by atoms with E-state index in [9.17, 15) is 4.79 Å². The number of aliphatic imine (C=N–C) groups is 1. The molecule has 0 aliphatic heterocycles. The Morgan fingerprint density at radius 2 is 1.79 bits per heavy atom. The fraction of sp³-hybridized carbons (Fsp3) is 0.0526. The molecule has 1 N–H and O–H groups in total. The van der Waals surface area contributed by atoms with Crippen LogP contribution in [0.1, 0.15) is 11.3 Å². The highest BCUT2D eigenvalue weighted by Gasteiger charge is 2.13. The van der Waals surface area contributed by atoms with Crippen molar-refractivity contribution < 1.29 is 0 Å². The van der Waals surface area contributed by atoms with Crippen LogP contribution in [0, 0.1) is 6.92 Å². The van der Waals surface area contributed by atoms with Gasteiger partial charge in [0.05, 0.1) is 16.3 Å². The van der Waals surface area contributed by atoms with E-state index in [-0.39, 0.29) is 5.56 Å². The fourth-order valence-corrected chi connectivity index (χ4v) is 4.05. The molecule has 0 spiro atoms. The lowest BCUT2D eigenvalue weighted by molar-refractivity contribution is 0.835. The standard InChI is InChI=1S/C19H12Cl3N5OS/c1-10-15(18(28)27(26-10)13-5-2-11(20)3-6-13)9-23-19-25-24-17(29-19)14-7-4-12(21)8-16(14)22/h2-9,26H,1H3. The molecule has 6 nitrogen and oxygen atoms in total. The molecule has 0 radical (unpaired) electrons. The smallest absolute Gasteiger partial charge is 0.280 e. The number of aromatic amines is 1. The van der Waals surface area contributed by atoms with Crippen molar-refractivity contribution >= 4 is 57.5 Å². The minimum atomic E-state index is -0.223. The summed E-state index contributed by atoms with van der Waals surface area (Å²) in [6, 6.07) is 12.1. The number of rotatable bonds is 4. The molecule has 0 fully saturated rings. The normalized spacial score (nSPS) is 11.4. The lowest BCUT2D eigenvalue weighted by Gasteiger charge is -2.00. The highest BCUT2D eigenvalue weighted by Crippen LogP contribution is 2.34. The predicted octanol–water partition coefficient (Wildman–Crippen LogP) is 5.70. The molecule has 0 aliphatic rings. The van der Waals surface area contributed by atoms with Crippen molar-refractivity contribution in [1.82, 2.24) is 20.0 Å². The summed E-state index contributed by atoms with van der Waals surface area (Å²) in [6.45, 7) is 1.80. The number of halogens is 3. The van der Waals surface area contributed by atoms with Crippen molar-refractivity contribution in [3.8, 4) is 16.3 Å². The van der Waals surface area contributed by atoms with Gasteiger partial charge in [-0.25, -0.2) is 9.67 Å². The molecule has 2 heterocycles. The first-order valence-electron chi connectivity index (χ1n) is 8.33. The van der Waals surface area contributed by atoms with Crippen molar-refractivity contribution in [1.29, 1.82) is 0 Å². The highest BCUT2D eigenvalue weighted by atomic mass is 35.5. The SMILES string of the molecule is Cc1[nH]n(-c2ccc(Cl)cc2)c(=O)c1C=Nc1nnc(-c2ccc(Cl)cc2Cl)s1. The van der Waals surface area contributed by atoms with Crippen LogP contribution in [0.15, 0.2) is 52.3 Å². The zero-order chi connectivity index (χ0) is 20.5. The Balaban J connectivity index is 1.63. The fourth-order valence-electron chi connectivity index (χ4n) is 2.64. The summed E-state index contributed by atoms with van der Waals surface area (Å²) in [4.78, 5) is 17.1. The minimum absolute atomic E-state index is 0.223. The van der Waals surface area contributed by atoms with Gasteiger partial charge in [0, 0.05) is 27.5 Å². The Morgan fingerprint density at radius 3 is 2.52 bits per heavy atom. The van der Waals surface area contributed by atoms with Gasteiger partial charge in [0.25, 0.3) is 5.56 Å². The summed E-state index contributed by atoms with van der Waals surface area (Å²) in [6.07, 6.45) is 1.48. The van der Waals surface area contributed by atoms with Gasteiger partial charge in [-0.15, -0.1) is 10.2 Å². The number of aryl methyl sites for hydroxylation is 1. The summed E-state index contributed by atoms with van der Waals surface area (Å²) in [5.74, 6) is 0. The van der Waals surface area contributed by atoms with Gasteiger partial charge in [-0.2, -0.15) is 0 Å². The van der Waals surface area contributed by atoms with Crippen molar-refractivity contribution in [3.05, 3.63) is 79.1 Å². The van der Waals surface area contributed by atoms with E-state index in [4.69, 9.17) is 34.8 Å². The zero-order valence-corrected chi connectivity index (χ0v) is 17.9. The molecule has 0 atom stereocenters. The van der Waals surface area contributed by atoms with Crippen LogP contribution < -0.4 is 5.56 Å². The Hall–Kier alpha value is -2.45. The van der Waals surface area contributed by atoms with Crippen molar-refractivity contribution in [2.75, 3.05) is 0 Å². The van der Waals surface area contributed by atoms with Gasteiger partial charge in [-0.3, -0.25) is 9.89 Å². The van der Waals surface area contributed by atoms with Gasteiger partial charge in [-0.05, 0) is 49.4 Å². The molecule has 0 unspecified atom stereocenters. The summed E-state index contributed by atoms with van der Waals surface area (Å²) >= 11 is 19.3. The largest absolute Gasteiger partial charge is 0.295 e. The van der Waals surface area contributed by atoms with Gasteiger partial charge in [-0.1, -0.05) is 46.1 Å². The number of aromatic nitrogens is 4. The minimum Gasteiger partial charge on any atom is -0.295 e. The third-order valence-corrected chi connectivity index (χ3v) is 5.75. The van der Waals surface area contributed by atoms with Gasteiger partial charge in [0.1, 0.15) is 0 Å². The first-order valence-corrected chi connectivity index (χ1v) is 10.3.